The largest absolute Gasteiger partial charge is 0.350 e. The first kappa shape index (κ1) is 17.2. The highest BCUT2D eigenvalue weighted by Crippen LogP contribution is 2.48. The first-order valence-electron chi connectivity index (χ1n) is 6.82. The minimum atomic E-state index is -0.140. The fourth-order valence-electron chi connectivity index (χ4n) is 2.39. The maximum absolute atomic E-state index is 12.1. The number of aromatic nitrogens is 1. The molecular formula is C15H17Cl2N3OS. The maximum atomic E-state index is 12.1. The molecule has 1 aromatic heterocycles. The molecule has 1 heterocycles. The van der Waals surface area contributed by atoms with Gasteiger partial charge in [0.05, 0.1) is 0 Å². The molecule has 3 N–H and O–H groups in total. The number of nitrogens with two attached hydrogens (primary N) is 1. The van der Waals surface area contributed by atoms with E-state index in [-0.39, 0.29) is 23.7 Å². The van der Waals surface area contributed by atoms with Crippen molar-refractivity contribution in [2.45, 2.75) is 24.8 Å². The van der Waals surface area contributed by atoms with Crippen LogP contribution in [-0.4, -0.2) is 17.4 Å². The lowest BCUT2D eigenvalue weighted by atomic mass is 9.96. The Balaban J connectivity index is 0.00000176. The summed E-state index contributed by atoms with van der Waals surface area (Å²) in [5, 5.41) is 6.23. The number of rotatable bonds is 5. The van der Waals surface area contributed by atoms with Crippen LogP contribution in [0.2, 0.25) is 5.02 Å². The average Bonchev–Trinajstić information content (AvgIpc) is 3.13. The molecule has 1 aliphatic rings. The van der Waals surface area contributed by atoms with Crippen LogP contribution in [0.3, 0.4) is 0 Å². The van der Waals surface area contributed by atoms with Gasteiger partial charge in [0.1, 0.15) is 10.7 Å². The Morgan fingerprint density at radius 3 is 2.82 bits per heavy atom. The third-order valence-electron chi connectivity index (χ3n) is 3.84. The maximum Gasteiger partial charge on any atom is 0.270 e. The summed E-state index contributed by atoms with van der Waals surface area (Å²) in [6.07, 6.45) is 2.14. The standard InChI is InChI=1S/C15H16ClN3OS.ClH/c16-11-3-1-2-10(6-11)15(4-5-15)9-18-14(20)12-8-21-13(7-17)19-12;/h1-3,6,8H,4-5,7,9,17H2,(H,18,20);1H. The van der Waals surface area contributed by atoms with E-state index in [4.69, 9.17) is 17.3 Å². The highest BCUT2D eigenvalue weighted by Gasteiger charge is 2.44. The molecule has 1 amide bonds. The summed E-state index contributed by atoms with van der Waals surface area (Å²) in [5.74, 6) is -0.140. The monoisotopic (exact) mass is 357 g/mol. The Morgan fingerprint density at radius 1 is 1.45 bits per heavy atom. The number of nitrogens with zero attached hydrogens (tertiary/aromatic N) is 1. The molecule has 0 saturated heterocycles. The Kier molecular flexibility index (Phi) is 5.45. The van der Waals surface area contributed by atoms with Gasteiger partial charge in [-0.2, -0.15) is 0 Å². The number of amides is 1. The van der Waals surface area contributed by atoms with Crippen molar-refractivity contribution in [2.75, 3.05) is 6.54 Å². The van der Waals surface area contributed by atoms with Gasteiger partial charge in [-0.1, -0.05) is 23.7 Å². The van der Waals surface area contributed by atoms with Crippen LogP contribution in [0.25, 0.3) is 0 Å². The number of hydrogen-bond acceptors (Lipinski definition) is 4. The Bertz CT molecular complexity index is 670. The number of carbonyl (C=O) groups excluding carboxylic acids is 1. The first-order chi connectivity index (χ1) is 10.1. The van der Waals surface area contributed by atoms with Gasteiger partial charge in [-0.3, -0.25) is 4.79 Å². The van der Waals surface area contributed by atoms with Gasteiger partial charge in [-0.05, 0) is 30.5 Å². The van der Waals surface area contributed by atoms with Gasteiger partial charge in [0, 0.05) is 28.9 Å². The van der Waals surface area contributed by atoms with Crippen LogP contribution in [0.1, 0.15) is 33.9 Å². The number of hydrogen-bond donors (Lipinski definition) is 2. The molecule has 0 atom stereocenters. The minimum absolute atomic E-state index is 0. The van der Waals surface area contributed by atoms with Gasteiger partial charge >= 0.3 is 0 Å². The highest BCUT2D eigenvalue weighted by atomic mass is 35.5. The van der Waals surface area contributed by atoms with Crippen LogP contribution < -0.4 is 11.1 Å². The fraction of sp³-hybridized carbons (Fsp3) is 0.333. The SMILES string of the molecule is Cl.NCc1nc(C(=O)NCC2(c3cccc(Cl)c3)CC2)cs1. The first-order valence-corrected chi connectivity index (χ1v) is 8.07. The van der Waals surface area contributed by atoms with E-state index in [1.165, 1.54) is 16.9 Å². The Hall–Kier alpha value is -1.14. The van der Waals surface area contributed by atoms with Crippen molar-refractivity contribution in [3.05, 3.63) is 50.9 Å². The third-order valence-corrected chi connectivity index (χ3v) is 4.94. The van der Waals surface area contributed by atoms with Crippen molar-refractivity contribution in [1.29, 1.82) is 0 Å². The number of benzene rings is 1. The van der Waals surface area contributed by atoms with E-state index in [9.17, 15) is 4.79 Å². The van der Waals surface area contributed by atoms with Crippen molar-refractivity contribution in [2.24, 2.45) is 5.73 Å². The Labute approximate surface area is 144 Å². The van der Waals surface area contributed by atoms with Crippen molar-refractivity contribution >= 4 is 41.3 Å². The molecule has 22 heavy (non-hydrogen) atoms. The molecule has 1 saturated carbocycles. The predicted octanol–water partition coefficient (Wildman–Crippen LogP) is 3.14. The zero-order chi connectivity index (χ0) is 14.9. The van der Waals surface area contributed by atoms with Crippen LogP contribution in [-0.2, 0) is 12.0 Å². The molecular weight excluding hydrogens is 341 g/mol. The normalized spacial score (nSPS) is 15.0. The van der Waals surface area contributed by atoms with Gasteiger partial charge in [0.2, 0.25) is 0 Å². The van der Waals surface area contributed by atoms with Gasteiger partial charge in [0.15, 0.2) is 0 Å². The second-order valence-electron chi connectivity index (χ2n) is 5.30. The number of thiazole rings is 1. The molecule has 1 aliphatic carbocycles. The topological polar surface area (TPSA) is 68.0 Å². The van der Waals surface area contributed by atoms with Crippen LogP contribution >= 0.6 is 35.3 Å². The van der Waals surface area contributed by atoms with Crippen LogP contribution in [0, 0.1) is 0 Å². The lowest BCUT2D eigenvalue weighted by molar-refractivity contribution is 0.0945. The van der Waals surface area contributed by atoms with E-state index < -0.39 is 0 Å². The summed E-state index contributed by atoms with van der Waals surface area (Å²) in [5.41, 5.74) is 7.18. The lowest BCUT2D eigenvalue weighted by Crippen LogP contribution is -2.32. The molecule has 118 valence electrons. The molecule has 0 unspecified atom stereocenters. The van der Waals surface area contributed by atoms with Crippen molar-refractivity contribution in [1.82, 2.24) is 10.3 Å². The van der Waals surface area contributed by atoms with E-state index >= 15 is 0 Å². The van der Waals surface area contributed by atoms with Crippen molar-refractivity contribution in [3.63, 3.8) is 0 Å². The summed E-state index contributed by atoms with van der Waals surface area (Å²) < 4.78 is 0. The van der Waals surface area contributed by atoms with Gasteiger partial charge in [0.25, 0.3) is 5.91 Å². The zero-order valence-electron chi connectivity index (χ0n) is 11.8. The smallest absolute Gasteiger partial charge is 0.270 e. The molecule has 1 aromatic carbocycles. The average molecular weight is 358 g/mol. The van der Waals surface area contributed by atoms with E-state index in [1.54, 1.807) is 5.38 Å². The number of carbonyl (C=O) groups is 1. The molecule has 2 aromatic rings. The number of nitrogens with one attached hydrogen (secondary N) is 1. The molecule has 0 aliphatic heterocycles. The van der Waals surface area contributed by atoms with Crippen LogP contribution in [0.5, 0.6) is 0 Å². The van der Waals surface area contributed by atoms with E-state index in [2.05, 4.69) is 16.4 Å². The third kappa shape index (κ3) is 3.60. The zero-order valence-corrected chi connectivity index (χ0v) is 14.2. The van der Waals surface area contributed by atoms with Gasteiger partial charge < -0.3 is 11.1 Å². The van der Waals surface area contributed by atoms with Gasteiger partial charge in [-0.15, -0.1) is 23.7 Å². The summed E-state index contributed by atoms with van der Waals surface area (Å²) in [7, 11) is 0. The molecule has 3 rings (SSSR count). The lowest BCUT2D eigenvalue weighted by Gasteiger charge is -2.16. The summed E-state index contributed by atoms with van der Waals surface area (Å²) >= 11 is 7.46. The summed E-state index contributed by atoms with van der Waals surface area (Å²) in [6.45, 7) is 0.978. The molecule has 4 nitrogen and oxygen atoms in total. The van der Waals surface area contributed by atoms with E-state index in [1.807, 2.05) is 18.2 Å². The van der Waals surface area contributed by atoms with Crippen LogP contribution in [0.15, 0.2) is 29.6 Å². The number of halogens is 2. The molecule has 1 fully saturated rings. The highest BCUT2D eigenvalue weighted by molar-refractivity contribution is 7.09. The second-order valence-corrected chi connectivity index (χ2v) is 6.68. The van der Waals surface area contributed by atoms with Crippen molar-refractivity contribution in [3.8, 4) is 0 Å². The molecule has 7 heteroatoms. The molecule has 0 spiro atoms. The van der Waals surface area contributed by atoms with Crippen LogP contribution in [0.4, 0.5) is 0 Å². The molecule has 0 radical (unpaired) electrons. The Morgan fingerprint density at radius 2 is 2.23 bits per heavy atom. The summed E-state index contributed by atoms with van der Waals surface area (Å²) in [4.78, 5) is 16.3. The minimum Gasteiger partial charge on any atom is -0.350 e. The van der Waals surface area contributed by atoms with Gasteiger partial charge in [-0.25, -0.2) is 4.98 Å². The van der Waals surface area contributed by atoms with Crippen molar-refractivity contribution < 1.29 is 4.79 Å². The second kappa shape index (κ2) is 6.96. The van der Waals surface area contributed by atoms with E-state index in [0.29, 0.717) is 18.8 Å². The fourth-order valence-corrected chi connectivity index (χ4v) is 3.23. The quantitative estimate of drug-likeness (QED) is 0.863. The predicted molar refractivity (Wildman–Crippen MR) is 92.0 cm³/mol. The summed E-state index contributed by atoms with van der Waals surface area (Å²) in [6, 6.07) is 7.87. The van der Waals surface area contributed by atoms with E-state index in [0.717, 1.165) is 22.9 Å². The molecule has 0 bridgehead atoms.